The molecular formula is C25H34N4O4. The van der Waals surface area contributed by atoms with Gasteiger partial charge < -0.3 is 19.7 Å². The summed E-state index contributed by atoms with van der Waals surface area (Å²) in [5.41, 5.74) is 2.22. The average Bonchev–Trinajstić information content (AvgIpc) is 2.79. The second-order valence-corrected chi connectivity index (χ2v) is 8.77. The third-order valence-electron chi connectivity index (χ3n) is 6.03. The van der Waals surface area contributed by atoms with Gasteiger partial charge in [0.15, 0.2) is 0 Å². The molecule has 3 atom stereocenters. The number of benzene rings is 1. The molecule has 0 radical (unpaired) electrons. The number of rotatable bonds is 4. The van der Waals surface area contributed by atoms with Crippen LogP contribution in [-0.4, -0.2) is 72.6 Å². The van der Waals surface area contributed by atoms with E-state index < -0.39 is 0 Å². The van der Waals surface area contributed by atoms with E-state index in [1.807, 2.05) is 12.1 Å². The van der Waals surface area contributed by atoms with Gasteiger partial charge in [-0.15, -0.1) is 0 Å². The first-order valence-corrected chi connectivity index (χ1v) is 11.2. The zero-order chi connectivity index (χ0) is 24.0. The molecule has 178 valence electrons. The van der Waals surface area contributed by atoms with Crippen LogP contribution in [0.5, 0.6) is 5.75 Å². The van der Waals surface area contributed by atoms with Crippen LogP contribution in [0.1, 0.15) is 36.7 Å². The van der Waals surface area contributed by atoms with Crippen LogP contribution in [0.3, 0.4) is 0 Å². The predicted molar refractivity (Wildman–Crippen MR) is 127 cm³/mol. The minimum atomic E-state index is -0.180. The number of aromatic nitrogens is 1. The molecule has 1 aliphatic rings. The smallest absolute Gasteiger partial charge is 0.257 e. The third kappa shape index (κ3) is 6.52. The highest BCUT2D eigenvalue weighted by Crippen LogP contribution is 2.27. The van der Waals surface area contributed by atoms with Crippen LogP contribution in [0, 0.1) is 5.92 Å². The van der Waals surface area contributed by atoms with Gasteiger partial charge in [-0.25, -0.2) is 0 Å². The summed E-state index contributed by atoms with van der Waals surface area (Å²) in [6.45, 7) is 8.10. The number of ether oxygens (including phenoxy) is 2. The highest BCUT2D eigenvalue weighted by molar-refractivity contribution is 5.98. The fraction of sp³-hybridized carbons (Fsp3) is 0.480. The molecule has 1 aromatic heterocycles. The molecule has 2 heterocycles. The van der Waals surface area contributed by atoms with Crippen LogP contribution in [0.15, 0.2) is 42.7 Å². The van der Waals surface area contributed by atoms with Gasteiger partial charge in [0.25, 0.3) is 5.91 Å². The largest absolute Gasteiger partial charge is 0.491 e. The fourth-order valence-electron chi connectivity index (χ4n) is 4.07. The number of fused-ring (bicyclic) bond motifs is 1. The highest BCUT2D eigenvalue weighted by Gasteiger charge is 2.28. The van der Waals surface area contributed by atoms with Gasteiger partial charge >= 0.3 is 0 Å². The van der Waals surface area contributed by atoms with Crippen molar-refractivity contribution in [2.45, 2.75) is 39.5 Å². The summed E-state index contributed by atoms with van der Waals surface area (Å²) in [7, 11) is 3.47. The van der Waals surface area contributed by atoms with Gasteiger partial charge in [-0.3, -0.25) is 19.5 Å². The van der Waals surface area contributed by atoms with E-state index in [1.54, 1.807) is 49.7 Å². The number of nitrogens with one attached hydrogen (secondary N) is 1. The second kappa shape index (κ2) is 11.2. The molecular weight excluding hydrogens is 420 g/mol. The Morgan fingerprint density at radius 1 is 1.21 bits per heavy atom. The van der Waals surface area contributed by atoms with Crippen LogP contribution < -0.4 is 10.1 Å². The van der Waals surface area contributed by atoms with E-state index in [2.05, 4.69) is 29.0 Å². The molecule has 8 nitrogen and oxygen atoms in total. The lowest BCUT2D eigenvalue weighted by molar-refractivity contribution is -0.114. The molecule has 3 rings (SSSR count). The summed E-state index contributed by atoms with van der Waals surface area (Å²) < 4.78 is 12.0. The number of hydrogen-bond donors (Lipinski definition) is 1. The summed E-state index contributed by atoms with van der Waals surface area (Å²) in [4.78, 5) is 32.9. The van der Waals surface area contributed by atoms with E-state index in [0.29, 0.717) is 30.2 Å². The number of amides is 2. The third-order valence-corrected chi connectivity index (χ3v) is 6.03. The Bertz CT molecular complexity index is 953. The molecule has 0 aliphatic carbocycles. The van der Waals surface area contributed by atoms with Crippen LogP contribution in [0.25, 0.3) is 0 Å². The number of carbonyl (C=O) groups is 2. The topological polar surface area (TPSA) is 84.0 Å². The number of hydrogen-bond acceptors (Lipinski definition) is 6. The quantitative estimate of drug-likeness (QED) is 0.765. The molecule has 0 fully saturated rings. The standard InChI is InChI=1S/C25H34N4O4/c1-17-13-29(14-20-8-10-26-11-9-20)18(2)16-33-23-12-21(27-19(3)30)6-7-22(23)25(31)28(4)15-24(17)32-5/h6-12,17-18,24H,13-16H2,1-5H3,(H,27,30)/t17-,18+,24+/m1/s1. The molecule has 33 heavy (non-hydrogen) atoms. The van der Waals surface area contributed by atoms with E-state index in [-0.39, 0.29) is 29.9 Å². The highest BCUT2D eigenvalue weighted by atomic mass is 16.5. The Morgan fingerprint density at radius 3 is 2.61 bits per heavy atom. The van der Waals surface area contributed by atoms with Gasteiger partial charge in [0.1, 0.15) is 12.4 Å². The van der Waals surface area contributed by atoms with Crippen molar-refractivity contribution in [3.8, 4) is 5.75 Å². The molecule has 1 N–H and O–H groups in total. The monoisotopic (exact) mass is 454 g/mol. The molecule has 2 aromatic rings. The van der Waals surface area contributed by atoms with Crippen molar-refractivity contribution in [3.63, 3.8) is 0 Å². The molecule has 1 aromatic carbocycles. The maximum Gasteiger partial charge on any atom is 0.257 e. The van der Waals surface area contributed by atoms with E-state index in [0.717, 1.165) is 13.1 Å². The second-order valence-electron chi connectivity index (χ2n) is 8.77. The Balaban J connectivity index is 1.94. The van der Waals surface area contributed by atoms with Crippen molar-refractivity contribution >= 4 is 17.5 Å². The number of methoxy groups -OCH3 is 1. The van der Waals surface area contributed by atoms with Crippen LogP contribution in [0.4, 0.5) is 5.69 Å². The van der Waals surface area contributed by atoms with E-state index in [9.17, 15) is 9.59 Å². The molecule has 0 saturated heterocycles. The van der Waals surface area contributed by atoms with Crippen LogP contribution in [-0.2, 0) is 16.1 Å². The fourth-order valence-corrected chi connectivity index (χ4v) is 4.07. The Kier molecular flexibility index (Phi) is 8.41. The number of anilines is 1. The zero-order valence-electron chi connectivity index (χ0n) is 20.1. The summed E-state index contributed by atoms with van der Waals surface area (Å²) in [6, 6.07) is 9.24. The molecule has 0 unspecified atom stereocenters. The first-order chi connectivity index (χ1) is 15.8. The minimum Gasteiger partial charge on any atom is -0.491 e. The normalized spacial score (nSPS) is 22.5. The maximum atomic E-state index is 13.2. The van der Waals surface area contributed by atoms with Crippen molar-refractivity contribution in [3.05, 3.63) is 53.9 Å². The van der Waals surface area contributed by atoms with Gasteiger partial charge in [-0.05, 0) is 42.7 Å². The van der Waals surface area contributed by atoms with Gasteiger partial charge in [0, 0.05) is 70.9 Å². The predicted octanol–water partition coefficient (Wildman–Crippen LogP) is 3.05. The summed E-state index contributed by atoms with van der Waals surface area (Å²) >= 11 is 0. The van der Waals surface area contributed by atoms with Gasteiger partial charge in [-0.1, -0.05) is 6.92 Å². The van der Waals surface area contributed by atoms with E-state index in [4.69, 9.17) is 9.47 Å². The maximum absolute atomic E-state index is 13.2. The van der Waals surface area contributed by atoms with Crippen molar-refractivity contribution in [2.24, 2.45) is 5.92 Å². The van der Waals surface area contributed by atoms with Crippen molar-refractivity contribution in [1.29, 1.82) is 0 Å². The average molecular weight is 455 g/mol. The SMILES string of the molecule is CO[C@H]1CN(C)C(=O)c2ccc(NC(C)=O)cc2OC[C@H](C)N(Cc2ccncc2)C[C@H]1C. The molecule has 2 amide bonds. The molecule has 0 saturated carbocycles. The molecule has 0 spiro atoms. The number of likely N-dealkylation sites (N-methyl/N-ethyl adjacent to an activating group) is 1. The van der Waals surface area contributed by atoms with Crippen LogP contribution in [0.2, 0.25) is 0 Å². The van der Waals surface area contributed by atoms with Crippen molar-refractivity contribution in [2.75, 3.05) is 39.2 Å². The summed E-state index contributed by atoms with van der Waals surface area (Å²) in [5, 5.41) is 2.76. The number of carbonyl (C=O) groups excluding carboxylic acids is 2. The first kappa shape index (κ1) is 24.7. The Hall–Kier alpha value is -2.97. The molecule has 1 aliphatic heterocycles. The zero-order valence-corrected chi connectivity index (χ0v) is 20.1. The van der Waals surface area contributed by atoms with Gasteiger partial charge in [0.05, 0.1) is 11.7 Å². The van der Waals surface area contributed by atoms with Crippen molar-refractivity contribution < 1.29 is 19.1 Å². The lowest BCUT2D eigenvalue weighted by Gasteiger charge is -2.36. The Morgan fingerprint density at radius 2 is 1.94 bits per heavy atom. The van der Waals surface area contributed by atoms with E-state index >= 15 is 0 Å². The minimum absolute atomic E-state index is 0.0719. The van der Waals surface area contributed by atoms with Gasteiger partial charge in [0.2, 0.25) is 5.91 Å². The van der Waals surface area contributed by atoms with Crippen molar-refractivity contribution in [1.82, 2.24) is 14.8 Å². The van der Waals surface area contributed by atoms with Crippen LogP contribution >= 0.6 is 0 Å². The number of pyridine rings is 1. The first-order valence-electron chi connectivity index (χ1n) is 11.2. The molecule has 8 heteroatoms. The summed E-state index contributed by atoms with van der Waals surface area (Å²) in [5.74, 6) is 0.322. The lowest BCUT2D eigenvalue weighted by Crippen LogP contribution is -2.46. The summed E-state index contributed by atoms with van der Waals surface area (Å²) in [6.07, 6.45) is 3.48. The Labute approximate surface area is 195 Å². The van der Waals surface area contributed by atoms with E-state index in [1.165, 1.54) is 12.5 Å². The lowest BCUT2D eigenvalue weighted by atomic mass is 10.0. The van der Waals surface area contributed by atoms with Gasteiger partial charge in [-0.2, -0.15) is 0 Å². The molecule has 0 bridgehead atoms. The number of nitrogens with zero attached hydrogens (tertiary/aromatic N) is 3.